The number of hydrogen-bond acceptors (Lipinski definition) is 6. The van der Waals surface area contributed by atoms with Gasteiger partial charge < -0.3 is 10.1 Å². The van der Waals surface area contributed by atoms with Crippen molar-refractivity contribution in [3.8, 4) is 0 Å². The van der Waals surface area contributed by atoms with Gasteiger partial charge in [0.1, 0.15) is 5.82 Å². The van der Waals surface area contributed by atoms with Crippen molar-refractivity contribution in [1.82, 2.24) is 10.3 Å². The highest BCUT2D eigenvalue weighted by Gasteiger charge is 2.17. The van der Waals surface area contributed by atoms with Gasteiger partial charge in [0.15, 0.2) is 4.34 Å². The van der Waals surface area contributed by atoms with E-state index >= 15 is 0 Å². The van der Waals surface area contributed by atoms with Crippen molar-refractivity contribution in [2.45, 2.75) is 36.4 Å². The Morgan fingerprint density at radius 2 is 2.08 bits per heavy atom. The zero-order valence-electron chi connectivity index (χ0n) is 14.0. The number of carbonyl (C=O) groups is 2. The molecule has 5 nitrogen and oxygen atoms in total. The van der Waals surface area contributed by atoms with Crippen LogP contribution in [0.3, 0.4) is 0 Å². The van der Waals surface area contributed by atoms with Gasteiger partial charge in [-0.15, -0.1) is 11.3 Å². The van der Waals surface area contributed by atoms with Crippen LogP contribution in [-0.4, -0.2) is 28.7 Å². The molecule has 0 bridgehead atoms. The lowest BCUT2D eigenvalue weighted by atomic mass is 10.2. The van der Waals surface area contributed by atoms with Crippen molar-refractivity contribution in [1.29, 1.82) is 0 Å². The van der Waals surface area contributed by atoms with Gasteiger partial charge in [0.05, 0.1) is 24.0 Å². The number of carbonyl (C=O) groups excluding carboxylic acids is 2. The van der Waals surface area contributed by atoms with Crippen molar-refractivity contribution < 1.29 is 18.7 Å². The molecule has 1 N–H and O–H groups in total. The topological polar surface area (TPSA) is 68.3 Å². The van der Waals surface area contributed by atoms with E-state index in [1.807, 2.05) is 0 Å². The molecule has 1 aromatic carbocycles. The number of benzene rings is 1. The number of hydrogen-bond donors (Lipinski definition) is 1. The lowest BCUT2D eigenvalue weighted by Crippen LogP contribution is -2.30. The molecule has 0 fully saturated rings. The van der Waals surface area contributed by atoms with Gasteiger partial charge in [-0.2, -0.15) is 0 Å². The second-order valence-corrected chi connectivity index (χ2v) is 7.64. The summed E-state index contributed by atoms with van der Waals surface area (Å²) in [6.45, 7) is 4.23. The van der Waals surface area contributed by atoms with Gasteiger partial charge in [-0.25, -0.2) is 9.37 Å². The molecule has 0 aliphatic heterocycles. The van der Waals surface area contributed by atoms with E-state index in [4.69, 9.17) is 4.74 Å². The molecule has 2 aromatic rings. The van der Waals surface area contributed by atoms with Crippen molar-refractivity contribution >= 4 is 35.0 Å². The Kier molecular flexibility index (Phi) is 7.39. The maximum absolute atomic E-state index is 12.9. The molecule has 2 rings (SSSR count). The monoisotopic (exact) mass is 382 g/mol. The fraction of sp³-hybridized carbons (Fsp3) is 0.353. The smallest absolute Gasteiger partial charge is 0.311 e. The van der Waals surface area contributed by atoms with Crippen LogP contribution < -0.4 is 5.32 Å². The number of thiazole rings is 1. The highest BCUT2D eigenvalue weighted by molar-refractivity contribution is 8.02. The van der Waals surface area contributed by atoms with Crippen LogP contribution in [0.1, 0.15) is 25.1 Å². The summed E-state index contributed by atoms with van der Waals surface area (Å²) in [6.07, 6.45) is 0.135. The van der Waals surface area contributed by atoms with E-state index in [1.165, 1.54) is 35.2 Å². The van der Waals surface area contributed by atoms with Crippen LogP contribution >= 0.6 is 23.1 Å². The second kappa shape index (κ2) is 9.53. The molecule has 25 heavy (non-hydrogen) atoms. The third-order valence-corrected chi connectivity index (χ3v) is 5.31. The number of ether oxygens (including phenoxy) is 1. The standard InChI is InChI=1S/C17H19FN2O3S2/c1-3-23-15(21)8-14-10-24-17(20-14)25-11(2)16(22)19-9-12-4-6-13(18)7-5-12/h4-7,10-11H,3,8-9H2,1-2H3,(H,19,22)/t11-/m0/s1. The average Bonchev–Trinajstić information content (AvgIpc) is 3.01. The van der Waals surface area contributed by atoms with E-state index in [2.05, 4.69) is 10.3 Å². The van der Waals surface area contributed by atoms with Crippen LogP contribution in [0.5, 0.6) is 0 Å². The summed E-state index contributed by atoms with van der Waals surface area (Å²) in [5.74, 6) is -0.743. The minimum Gasteiger partial charge on any atom is -0.466 e. The minimum absolute atomic E-state index is 0.128. The van der Waals surface area contributed by atoms with Gasteiger partial charge in [-0.05, 0) is 31.5 Å². The fourth-order valence-corrected chi connectivity index (χ4v) is 3.93. The predicted molar refractivity (Wildman–Crippen MR) is 96.0 cm³/mol. The molecule has 0 spiro atoms. The number of amides is 1. The Hall–Kier alpha value is -1.93. The molecule has 134 valence electrons. The molecule has 0 saturated heterocycles. The normalized spacial score (nSPS) is 11.8. The number of aromatic nitrogens is 1. The first-order chi connectivity index (χ1) is 12.0. The Morgan fingerprint density at radius 3 is 2.76 bits per heavy atom. The predicted octanol–water partition coefficient (Wildman–Crippen LogP) is 3.18. The van der Waals surface area contributed by atoms with Gasteiger partial charge in [-0.3, -0.25) is 9.59 Å². The maximum atomic E-state index is 12.9. The van der Waals surface area contributed by atoms with Gasteiger partial charge in [0.25, 0.3) is 0 Å². The number of rotatable bonds is 8. The number of nitrogens with one attached hydrogen (secondary N) is 1. The first-order valence-electron chi connectivity index (χ1n) is 7.76. The Bertz CT molecular complexity index is 719. The van der Waals surface area contributed by atoms with Crippen LogP contribution in [0.4, 0.5) is 4.39 Å². The molecule has 0 saturated carbocycles. The molecule has 1 heterocycles. The fourth-order valence-electron chi connectivity index (χ4n) is 1.92. The highest BCUT2D eigenvalue weighted by atomic mass is 32.2. The van der Waals surface area contributed by atoms with E-state index in [1.54, 1.807) is 31.4 Å². The van der Waals surface area contributed by atoms with Crippen molar-refractivity contribution in [2.75, 3.05) is 6.61 Å². The summed E-state index contributed by atoms with van der Waals surface area (Å²) in [7, 11) is 0. The number of thioether (sulfide) groups is 1. The molecule has 0 unspecified atom stereocenters. The molecule has 1 atom stereocenters. The minimum atomic E-state index is -0.331. The lowest BCUT2D eigenvalue weighted by molar-refractivity contribution is -0.142. The SMILES string of the molecule is CCOC(=O)Cc1csc(S[C@@H](C)C(=O)NCc2ccc(F)cc2)n1. The summed E-state index contributed by atoms with van der Waals surface area (Å²) >= 11 is 2.73. The van der Waals surface area contributed by atoms with Gasteiger partial charge in [0, 0.05) is 11.9 Å². The Balaban J connectivity index is 1.81. The summed E-state index contributed by atoms with van der Waals surface area (Å²) in [5.41, 5.74) is 1.47. The molecule has 1 amide bonds. The second-order valence-electron chi connectivity index (χ2n) is 5.19. The van der Waals surface area contributed by atoms with E-state index in [0.29, 0.717) is 18.8 Å². The van der Waals surface area contributed by atoms with Crippen molar-refractivity contribution in [3.63, 3.8) is 0 Å². The molecular formula is C17H19FN2O3S2. The molecule has 0 aliphatic rings. The van der Waals surface area contributed by atoms with Crippen molar-refractivity contribution in [3.05, 3.63) is 46.7 Å². The molecule has 8 heteroatoms. The Morgan fingerprint density at radius 1 is 1.36 bits per heavy atom. The zero-order valence-corrected chi connectivity index (χ0v) is 15.6. The van der Waals surface area contributed by atoms with Crippen LogP contribution in [0.15, 0.2) is 34.0 Å². The van der Waals surface area contributed by atoms with Crippen LogP contribution in [0, 0.1) is 5.82 Å². The largest absolute Gasteiger partial charge is 0.466 e. The zero-order chi connectivity index (χ0) is 18.2. The van der Waals surface area contributed by atoms with E-state index in [0.717, 1.165) is 9.90 Å². The molecule has 1 aromatic heterocycles. The van der Waals surface area contributed by atoms with Crippen LogP contribution in [-0.2, 0) is 27.3 Å². The van der Waals surface area contributed by atoms with Gasteiger partial charge in [-0.1, -0.05) is 23.9 Å². The maximum Gasteiger partial charge on any atom is 0.311 e. The average molecular weight is 382 g/mol. The van der Waals surface area contributed by atoms with Crippen LogP contribution in [0.25, 0.3) is 0 Å². The quantitative estimate of drug-likeness (QED) is 0.561. The van der Waals surface area contributed by atoms with Gasteiger partial charge in [0.2, 0.25) is 5.91 Å². The summed E-state index contributed by atoms with van der Waals surface area (Å²) in [4.78, 5) is 27.9. The molecule has 0 radical (unpaired) electrons. The Labute approximate surface area is 154 Å². The highest BCUT2D eigenvalue weighted by Crippen LogP contribution is 2.27. The van der Waals surface area contributed by atoms with Gasteiger partial charge >= 0.3 is 5.97 Å². The first-order valence-corrected chi connectivity index (χ1v) is 9.52. The summed E-state index contributed by atoms with van der Waals surface area (Å²) in [6, 6.07) is 5.99. The number of halogens is 1. The summed E-state index contributed by atoms with van der Waals surface area (Å²) < 4.78 is 18.5. The third kappa shape index (κ3) is 6.47. The lowest BCUT2D eigenvalue weighted by Gasteiger charge is -2.10. The van der Waals surface area contributed by atoms with E-state index in [9.17, 15) is 14.0 Å². The first kappa shape index (κ1) is 19.4. The van der Waals surface area contributed by atoms with E-state index in [-0.39, 0.29) is 29.4 Å². The van der Waals surface area contributed by atoms with Crippen LogP contribution in [0.2, 0.25) is 0 Å². The van der Waals surface area contributed by atoms with Crippen molar-refractivity contribution in [2.24, 2.45) is 0 Å². The molecule has 0 aliphatic carbocycles. The third-order valence-electron chi connectivity index (χ3n) is 3.19. The number of nitrogens with zero attached hydrogens (tertiary/aromatic N) is 1. The van der Waals surface area contributed by atoms with E-state index < -0.39 is 0 Å². The number of esters is 1. The molecular weight excluding hydrogens is 363 g/mol. The summed E-state index contributed by atoms with van der Waals surface area (Å²) in [5, 5.41) is 4.28.